The summed E-state index contributed by atoms with van der Waals surface area (Å²) in [6.45, 7) is 7.93. The molecule has 4 heteroatoms. The second kappa shape index (κ2) is 7.41. The molecule has 1 saturated carbocycles. The Hall–Kier alpha value is -0.610. The van der Waals surface area contributed by atoms with Crippen molar-refractivity contribution < 1.29 is 4.79 Å². The molecule has 116 valence electrons. The van der Waals surface area contributed by atoms with Crippen molar-refractivity contribution in [1.82, 2.24) is 15.5 Å². The number of piperazine rings is 1. The molecule has 4 nitrogen and oxygen atoms in total. The minimum Gasteiger partial charge on any atom is -0.353 e. The van der Waals surface area contributed by atoms with Crippen molar-refractivity contribution in [2.75, 3.05) is 26.2 Å². The molecule has 1 amide bonds. The topological polar surface area (TPSA) is 44.4 Å². The second-order valence-corrected chi connectivity index (χ2v) is 6.64. The lowest BCUT2D eigenvalue weighted by Gasteiger charge is -2.49. The molecule has 1 aliphatic heterocycles. The van der Waals surface area contributed by atoms with Crippen LogP contribution in [0.4, 0.5) is 0 Å². The number of amides is 1. The second-order valence-electron chi connectivity index (χ2n) is 6.64. The predicted octanol–water partition coefficient (Wildman–Crippen LogP) is 1.90. The summed E-state index contributed by atoms with van der Waals surface area (Å²) < 4.78 is 0. The molecule has 1 heterocycles. The monoisotopic (exact) mass is 281 g/mol. The third kappa shape index (κ3) is 3.95. The van der Waals surface area contributed by atoms with Crippen molar-refractivity contribution in [2.24, 2.45) is 0 Å². The van der Waals surface area contributed by atoms with E-state index >= 15 is 0 Å². The molecule has 1 aliphatic carbocycles. The maximum Gasteiger partial charge on any atom is 0.234 e. The van der Waals surface area contributed by atoms with Gasteiger partial charge in [-0.2, -0.15) is 0 Å². The number of nitrogens with zero attached hydrogens (tertiary/aromatic N) is 1. The van der Waals surface area contributed by atoms with Crippen LogP contribution in [0.25, 0.3) is 0 Å². The van der Waals surface area contributed by atoms with Crippen LogP contribution in [0.5, 0.6) is 0 Å². The Balaban J connectivity index is 1.90. The lowest BCUT2D eigenvalue weighted by atomic mass is 9.79. The Morgan fingerprint density at radius 1 is 1.35 bits per heavy atom. The van der Waals surface area contributed by atoms with Gasteiger partial charge in [0.05, 0.1) is 6.54 Å². The van der Waals surface area contributed by atoms with Crippen LogP contribution < -0.4 is 10.6 Å². The van der Waals surface area contributed by atoms with E-state index in [2.05, 4.69) is 29.4 Å². The molecule has 0 aromatic heterocycles. The van der Waals surface area contributed by atoms with Crippen molar-refractivity contribution in [1.29, 1.82) is 0 Å². The fourth-order valence-corrected chi connectivity index (χ4v) is 3.83. The lowest BCUT2D eigenvalue weighted by molar-refractivity contribution is -0.125. The smallest absolute Gasteiger partial charge is 0.234 e. The van der Waals surface area contributed by atoms with Crippen molar-refractivity contribution >= 4 is 5.91 Å². The van der Waals surface area contributed by atoms with Crippen LogP contribution in [0, 0.1) is 0 Å². The summed E-state index contributed by atoms with van der Waals surface area (Å²) in [6.07, 6.45) is 8.67. The Morgan fingerprint density at radius 2 is 2.10 bits per heavy atom. The summed E-state index contributed by atoms with van der Waals surface area (Å²) in [5.74, 6) is 0.206. The average molecular weight is 281 g/mol. The molecule has 0 aromatic rings. The van der Waals surface area contributed by atoms with Crippen LogP contribution in [0.1, 0.15) is 58.8 Å². The summed E-state index contributed by atoms with van der Waals surface area (Å²) in [6, 6.07) is 0.303. The van der Waals surface area contributed by atoms with E-state index < -0.39 is 0 Å². The highest BCUT2D eigenvalue weighted by molar-refractivity contribution is 5.78. The third-order valence-corrected chi connectivity index (χ3v) is 4.93. The van der Waals surface area contributed by atoms with Gasteiger partial charge in [0.2, 0.25) is 5.91 Å². The van der Waals surface area contributed by atoms with E-state index in [1.807, 2.05) is 0 Å². The number of hydrogen-bond acceptors (Lipinski definition) is 3. The molecule has 2 rings (SSSR count). The van der Waals surface area contributed by atoms with Crippen molar-refractivity contribution in [3.05, 3.63) is 0 Å². The SMILES string of the molecule is CCCC(C)NC(=O)CN1CCNCC12CCCCC2. The highest BCUT2D eigenvalue weighted by Gasteiger charge is 2.40. The molecule has 2 aliphatic rings. The Bertz CT molecular complexity index is 305. The minimum absolute atomic E-state index is 0.206. The first-order valence-electron chi connectivity index (χ1n) is 8.41. The van der Waals surface area contributed by atoms with Crippen LogP contribution in [-0.2, 0) is 4.79 Å². The summed E-state index contributed by atoms with van der Waals surface area (Å²) in [4.78, 5) is 14.7. The molecule has 1 saturated heterocycles. The van der Waals surface area contributed by atoms with Crippen LogP contribution in [-0.4, -0.2) is 48.6 Å². The van der Waals surface area contributed by atoms with Gasteiger partial charge in [-0.15, -0.1) is 0 Å². The van der Waals surface area contributed by atoms with Gasteiger partial charge in [-0.1, -0.05) is 32.6 Å². The molecular formula is C16H31N3O. The standard InChI is InChI=1S/C16H31N3O/c1-3-7-14(2)18-15(20)12-19-11-10-17-13-16(19)8-5-4-6-9-16/h14,17H,3-13H2,1-2H3,(H,18,20). The first kappa shape index (κ1) is 15.8. The van der Waals surface area contributed by atoms with Gasteiger partial charge in [0, 0.05) is 31.2 Å². The van der Waals surface area contributed by atoms with Gasteiger partial charge in [-0.25, -0.2) is 0 Å². The summed E-state index contributed by atoms with van der Waals surface area (Å²) in [5, 5.41) is 6.69. The van der Waals surface area contributed by atoms with E-state index in [0.29, 0.717) is 12.6 Å². The lowest BCUT2D eigenvalue weighted by Crippen LogP contribution is -2.63. The average Bonchev–Trinajstić information content (AvgIpc) is 2.43. The van der Waals surface area contributed by atoms with Crippen LogP contribution >= 0.6 is 0 Å². The molecule has 20 heavy (non-hydrogen) atoms. The maximum absolute atomic E-state index is 12.2. The highest BCUT2D eigenvalue weighted by atomic mass is 16.2. The van der Waals surface area contributed by atoms with Gasteiger partial charge < -0.3 is 10.6 Å². The summed E-state index contributed by atoms with van der Waals surface area (Å²) >= 11 is 0. The third-order valence-electron chi connectivity index (χ3n) is 4.93. The first-order chi connectivity index (χ1) is 9.66. The Morgan fingerprint density at radius 3 is 2.80 bits per heavy atom. The largest absolute Gasteiger partial charge is 0.353 e. The van der Waals surface area contributed by atoms with Crippen LogP contribution in [0.3, 0.4) is 0 Å². The number of carbonyl (C=O) groups is 1. The van der Waals surface area contributed by atoms with E-state index in [1.165, 1.54) is 32.1 Å². The van der Waals surface area contributed by atoms with E-state index in [-0.39, 0.29) is 11.4 Å². The molecule has 1 spiro atoms. The summed E-state index contributed by atoms with van der Waals surface area (Å²) in [7, 11) is 0. The van der Waals surface area contributed by atoms with Crippen molar-refractivity contribution in [3.63, 3.8) is 0 Å². The molecule has 0 bridgehead atoms. The van der Waals surface area contributed by atoms with Gasteiger partial charge in [-0.3, -0.25) is 9.69 Å². The van der Waals surface area contributed by atoms with Gasteiger partial charge in [0.25, 0.3) is 0 Å². The molecule has 0 radical (unpaired) electrons. The molecule has 1 unspecified atom stereocenters. The molecule has 0 aromatic carbocycles. The molecular weight excluding hydrogens is 250 g/mol. The van der Waals surface area contributed by atoms with Gasteiger partial charge >= 0.3 is 0 Å². The molecule has 2 N–H and O–H groups in total. The molecule has 2 fully saturated rings. The normalized spacial score (nSPS) is 24.5. The van der Waals surface area contributed by atoms with E-state index in [4.69, 9.17) is 0 Å². The zero-order valence-electron chi connectivity index (χ0n) is 13.2. The van der Waals surface area contributed by atoms with Gasteiger partial charge in [0.15, 0.2) is 0 Å². The zero-order valence-corrected chi connectivity index (χ0v) is 13.2. The van der Waals surface area contributed by atoms with Crippen LogP contribution in [0.2, 0.25) is 0 Å². The van der Waals surface area contributed by atoms with E-state index in [1.54, 1.807) is 0 Å². The maximum atomic E-state index is 12.2. The number of hydrogen-bond donors (Lipinski definition) is 2. The van der Waals surface area contributed by atoms with Crippen molar-refractivity contribution in [3.8, 4) is 0 Å². The molecule has 1 atom stereocenters. The Kier molecular flexibility index (Phi) is 5.85. The van der Waals surface area contributed by atoms with Crippen molar-refractivity contribution in [2.45, 2.75) is 70.4 Å². The van der Waals surface area contributed by atoms with Gasteiger partial charge in [-0.05, 0) is 26.2 Å². The minimum atomic E-state index is 0.206. The number of nitrogens with one attached hydrogen (secondary N) is 2. The quantitative estimate of drug-likeness (QED) is 0.809. The van der Waals surface area contributed by atoms with Gasteiger partial charge in [0.1, 0.15) is 0 Å². The predicted molar refractivity (Wildman–Crippen MR) is 82.8 cm³/mol. The van der Waals surface area contributed by atoms with E-state index in [0.717, 1.165) is 32.5 Å². The number of rotatable bonds is 5. The Labute approximate surface area is 123 Å². The zero-order chi connectivity index (χ0) is 14.4. The first-order valence-corrected chi connectivity index (χ1v) is 8.41. The van der Waals surface area contributed by atoms with Crippen LogP contribution in [0.15, 0.2) is 0 Å². The van der Waals surface area contributed by atoms with E-state index in [9.17, 15) is 4.79 Å². The fraction of sp³-hybridized carbons (Fsp3) is 0.938. The fourth-order valence-electron chi connectivity index (χ4n) is 3.83. The highest BCUT2D eigenvalue weighted by Crippen LogP contribution is 2.34. The summed E-state index contributed by atoms with van der Waals surface area (Å²) in [5.41, 5.74) is 0.252. The number of carbonyl (C=O) groups excluding carboxylic acids is 1.